The van der Waals surface area contributed by atoms with Gasteiger partial charge in [0, 0.05) is 12.5 Å². The maximum Gasteiger partial charge on any atom is 0.329 e. The molecule has 0 spiro atoms. The molecule has 8 heteroatoms. The molecule has 1 unspecified atom stereocenters. The molecule has 1 aliphatic carbocycles. The smallest absolute Gasteiger partial charge is 0.329 e. The van der Waals surface area contributed by atoms with Crippen LogP contribution in [0.4, 0.5) is 8.78 Å². The molecule has 0 saturated heterocycles. The highest BCUT2D eigenvalue weighted by atomic mass is 19.1. The average Bonchev–Trinajstić information content (AvgIpc) is 3.18. The van der Waals surface area contributed by atoms with E-state index in [4.69, 9.17) is 5.11 Å². The Morgan fingerprint density at radius 1 is 1.26 bits per heavy atom. The van der Waals surface area contributed by atoms with Gasteiger partial charge >= 0.3 is 5.97 Å². The number of carboxylic acids is 1. The van der Waals surface area contributed by atoms with E-state index in [1.165, 1.54) is 6.07 Å². The second-order valence-electron chi connectivity index (χ2n) is 5.53. The van der Waals surface area contributed by atoms with Crippen molar-refractivity contribution in [3.8, 4) is 0 Å². The molecule has 3 N–H and O–H groups in total. The average molecular weight is 326 g/mol. The Kier molecular flexibility index (Phi) is 4.63. The van der Waals surface area contributed by atoms with E-state index in [0.717, 1.165) is 19.1 Å². The number of carbonyl (C=O) groups is 3. The second-order valence-corrected chi connectivity index (χ2v) is 5.53. The normalized spacial score (nSPS) is 16.3. The highest BCUT2D eigenvalue weighted by molar-refractivity contribution is 5.90. The fraction of sp³-hybridized carbons (Fsp3) is 0.400. The summed E-state index contributed by atoms with van der Waals surface area (Å²) < 4.78 is 27.7. The SMILES string of the molecule is CC(=O)NC(CC(=O)NC1(C(=O)O)CC1)c1c(F)cccc1F. The highest BCUT2D eigenvalue weighted by Crippen LogP contribution is 2.36. The molecule has 0 bridgehead atoms. The molecule has 23 heavy (non-hydrogen) atoms. The maximum absolute atomic E-state index is 13.9. The van der Waals surface area contributed by atoms with Gasteiger partial charge in [0.2, 0.25) is 11.8 Å². The van der Waals surface area contributed by atoms with Crippen LogP contribution in [0.2, 0.25) is 0 Å². The summed E-state index contributed by atoms with van der Waals surface area (Å²) in [4.78, 5) is 34.3. The van der Waals surface area contributed by atoms with Crippen molar-refractivity contribution in [2.24, 2.45) is 0 Å². The summed E-state index contributed by atoms with van der Waals surface area (Å²) >= 11 is 0. The van der Waals surface area contributed by atoms with Gasteiger partial charge in [0.05, 0.1) is 12.5 Å². The largest absolute Gasteiger partial charge is 0.480 e. The van der Waals surface area contributed by atoms with Crippen LogP contribution < -0.4 is 10.6 Å². The number of carbonyl (C=O) groups excluding carboxylic acids is 2. The molecule has 1 aliphatic rings. The lowest BCUT2D eigenvalue weighted by Crippen LogP contribution is -2.44. The Morgan fingerprint density at radius 3 is 2.26 bits per heavy atom. The van der Waals surface area contributed by atoms with E-state index in [-0.39, 0.29) is 0 Å². The molecule has 0 aromatic heterocycles. The first-order valence-electron chi connectivity index (χ1n) is 7.00. The minimum atomic E-state index is -1.30. The van der Waals surface area contributed by atoms with Crippen LogP contribution in [-0.2, 0) is 14.4 Å². The van der Waals surface area contributed by atoms with Gasteiger partial charge in [-0.1, -0.05) is 6.07 Å². The van der Waals surface area contributed by atoms with E-state index >= 15 is 0 Å². The zero-order valence-electron chi connectivity index (χ0n) is 12.4. The zero-order valence-corrected chi connectivity index (χ0v) is 12.4. The summed E-state index contributed by atoms with van der Waals surface area (Å²) in [7, 11) is 0. The Morgan fingerprint density at radius 2 is 1.83 bits per heavy atom. The Bertz CT molecular complexity index is 639. The minimum absolute atomic E-state index is 0.299. The van der Waals surface area contributed by atoms with Gasteiger partial charge in [0.1, 0.15) is 17.2 Å². The van der Waals surface area contributed by atoms with E-state index < -0.39 is 53.0 Å². The lowest BCUT2D eigenvalue weighted by atomic mass is 10.0. The molecule has 0 heterocycles. The minimum Gasteiger partial charge on any atom is -0.480 e. The lowest BCUT2D eigenvalue weighted by Gasteiger charge is -2.20. The van der Waals surface area contributed by atoms with Crippen LogP contribution in [0.5, 0.6) is 0 Å². The van der Waals surface area contributed by atoms with Gasteiger partial charge in [-0.05, 0) is 25.0 Å². The van der Waals surface area contributed by atoms with Crippen molar-refractivity contribution in [2.45, 2.75) is 37.8 Å². The molecule has 1 atom stereocenters. The summed E-state index contributed by atoms with van der Waals surface area (Å²) in [6, 6.07) is 1.98. The van der Waals surface area contributed by atoms with Crippen LogP contribution in [0, 0.1) is 11.6 Å². The molecule has 2 rings (SSSR count). The number of hydrogen-bond acceptors (Lipinski definition) is 3. The number of carboxylic acid groups (broad SMARTS) is 1. The van der Waals surface area contributed by atoms with Crippen LogP contribution in [0.1, 0.15) is 37.8 Å². The number of nitrogens with one attached hydrogen (secondary N) is 2. The van der Waals surface area contributed by atoms with Crippen LogP contribution >= 0.6 is 0 Å². The van der Waals surface area contributed by atoms with E-state index in [9.17, 15) is 23.2 Å². The highest BCUT2D eigenvalue weighted by Gasteiger charge is 2.51. The van der Waals surface area contributed by atoms with Gasteiger partial charge in [0.25, 0.3) is 0 Å². The molecule has 1 aromatic rings. The molecule has 2 amide bonds. The second kappa shape index (κ2) is 6.31. The topological polar surface area (TPSA) is 95.5 Å². The van der Waals surface area contributed by atoms with E-state index in [2.05, 4.69) is 10.6 Å². The van der Waals surface area contributed by atoms with Crippen molar-refractivity contribution < 1.29 is 28.3 Å². The lowest BCUT2D eigenvalue weighted by molar-refractivity contribution is -0.143. The van der Waals surface area contributed by atoms with Crippen LogP contribution in [0.25, 0.3) is 0 Å². The Labute approximate surface area is 130 Å². The van der Waals surface area contributed by atoms with Crippen molar-refractivity contribution in [1.29, 1.82) is 0 Å². The third-order valence-electron chi connectivity index (χ3n) is 3.65. The van der Waals surface area contributed by atoms with Crippen LogP contribution in [0.3, 0.4) is 0 Å². The first kappa shape index (κ1) is 16.9. The standard InChI is InChI=1S/C15H16F2N2O4/c1-8(20)18-11(13-9(16)3-2-4-10(13)17)7-12(21)19-15(5-6-15)14(22)23/h2-4,11H,5-7H2,1H3,(H,18,20)(H,19,21)(H,22,23). The molecule has 0 radical (unpaired) electrons. The molecule has 6 nitrogen and oxygen atoms in total. The first-order valence-corrected chi connectivity index (χ1v) is 7.00. The quantitative estimate of drug-likeness (QED) is 0.733. The summed E-state index contributed by atoms with van der Waals surface area (Å²) in [6.45, 7) is 1.16. The summed E-state index contributed by atoms with van der Waals surface area (Å²) in [5.41, 5.74) is -1.73. The number of aliphatic carboxylic acids is 1. The third-order valence-corrected chi connectivity index (χ3v) is 3.65. The van der Waals surface area contributed by atoms with Gasteiger partial charge in [-0.25, -0.2) is 13.6 Å². The fourth-order valence-corrected chi connectivity index (χ4v) is 2.33. The monoisotopic (exact) mass is 326 g/mol. The number of benzene rings is 1. The van der Waals surface area contributed by atoms with Crippen molar-refractivity contribution in [3.05, 3.63) is 35.4 Å². The van der Waals surface area contributed by atoms with Crippen molar-refractivity contribution in [1.82, 2.24) is 10.6 Å². The van der Waals surface area contributed by atoms with Gasteiger partial charge in [-0.15, -0.1) is 0 Å². The Balaban J connectivity index is 2.18. The van der Waals surface area contributed by atoms with Gasteiger partial charge in [-0.2, -0.15) is 0 Å². The molecule has 0 aliphatic heterocycles. The molecule has 1 fully saturated rings. The zero-order chi connectivity index (χ0) is 17.2. The fourth-order valence-electron chi connectivity index (χ4n) is 2.33. The van der Waals surface area contributed by atoms with E-state index in [1.807, 2.05) is 0 Å². The van der Waals surface area contributed by atoms with Crippen molar-refractivity contribution >= 4 is 17.8 Å². The summed E-state index contributed by atoms with van der Waals surface area (Å²) in [5.74, 6) is -4.21. The Hall–Kier alpha value is -2.51. The molecule has 124 valence electrons. The predicted molar refractivity (Wildman–Crippen MR) is 75.3 cm³/mol. The molecule has 1 aromatic carbocycles. The number of hydrogen-bond donors (Lipinski definition) is 3. The predicted octanol–water partition coefficient (Wildman–Crippen LogP) is 1.27. The summed E-state index contributed by atoms with van der Waals surface area (Å²) in [5, 5.41) is 13.7. The van der Waals surface area contributed by atoms with Crippen LogP contribution in [0.15, 0.2) is 18.2 Å². The third kappa shape index (κ3) is 3.82. The number of halogens is 2. The van der Waals surface area contributed by atoms with E-state index in [1.54, 1.807) is 0 Å². The van der Waals surface area contributed by atoms with Gasteiger partial charge in [-0.3, -0.25) is 9.59 Å². The van der Waals surface area contributed by atoms with E-state index in [0.29, 0.717) is 12.8 Å². The van der Waals surface area contributed by atoms with Crippen LogP contribution in [-0.4, -0.2) is 28.4 Å². The number of amides is 2. The first-order chi connectivity index (χ1) is 10.7. The number of rotatable bonds is 6. The van der Waals surface area contributed by atoms with Crippen molar-refractivity contribution in [2.75, 3.05) is 0 Å². The summed E-state index contributed by atoms with van der Waals surface area (Å²) in [6.07, 6.45) is 0.131. The molecule has 1 saturated carbocycles. The van der Waals surface area contributed by atoms with Crippen molar-refractivity contribution in [3.63, 3.8) is 0 Å². The van der Waals surface area contributed by atoms with Gasteiger partial charge < -0.3 is 15.7 Å². The molecular formula is C15H16F2N2O4. The van der Waals surface area contributed by atoms with Gasteiger partial charge in [0.15, 0.2) is 0 Å². The molecular weight excluding hydrogens is 310 g/mol. The maximum atomic E-state index is 13.9.